The van der Waals surface area contributed by atoms with E-state index in [1.165, 1.54) is 24.1 Å². The molecule has 1 heterocycles. The third-order valence-corrected chi connectivity index (χ3v) is 8.89. The molecule has 1 aromatic heterocycles. The molecular weight excluding hydrogens is 490 g/mol. The first-order chi connectivity index (χ1) is 17.8. The third kappa shape index (κ3) is 5.60. The van der Waals surface area contributed by atoms with Crippen molar-refractivity contribution >= 4 is 27.5 Å². The molecule has 0 spiro atoms. The SMILES string of the molecule is CC(=O)O[C@@H]1[C@H]2CC[C@@H]1[C@@H](N(C)Cc1cccc(CCNC[C@@H](O)c3ccc(O)c4[nH]c(=O)sc34)c1)C2. The molecule has 0 saturated heterocycles. The van der Waals surface area contributed by atoms with Gasteiger partial charge in [-0.2, -0.15) is 0 Å². The van der Waals surface area contributed by atoms with Gasteiger partial charge in [0.1, 0.15) is 17.4 Å². The van der Waals surface area contributed by atoms with Crippen LogP contribution in [0, 0.1) is 11.8 Å². The summed E-state index contributed by atoms with van der Waals surface area (Å²) >= 11 is 0.994. The van der Waals surface area contributed by atoms with Crippen LogP contribution in [0.1, 0.15) is 49.0 Å². The lowest BCUT2D eigenvalue weighted by molar-refractivity contribution is -0.148. The average molecular weight is 526 g/mol. The lowest BCUT2D eigenvalue weighted by Crippen LogP contribution is -2.37. The number of aromatic amines is 1. The summed E-state index contributed by atoms with van der Waals surface area (Å²) in [5.41, 5.74) is 3.50. The Morgan fingerprint density at radius 2 is 2.08 bits per heavy atom. The predicted octanol–water partition coefficient (Wildman–Crippen LogP) is 3.32. The van der Waals surface area contributed by atoms with E-state index < -0.39 is 6.10 Å². The van der Waals surface area contributed by atoms with Gasteiger partial charge in [0.2, 0.25) is 0 Å². The van der Waals surface area contributed by atoms with E-state index in [0.717, 1.165) is 43.6 Å². The summed E-state index contributed by atoms with van der Waals surface area (Å²) in [6.07, 6.45) is 3.51. The Morgan fingerprint density at radius 1 is 1.27 bits per heavy atom. The maximum Gasteiger partial charge on any atom is 0.305 e. The number of phenols is 1. The van der Waals surface area contributed by atoms with Gasteiger partial charge in [-0.3, -0.25) is 14.5 Å². The lowest BCUT2D eigenvalue weighted by atomic mass is 9.94. The highest BCUT2D eigenvalue weighted by atomic mass is 32.1. The van der Waals surface area contributed by atoms with Crippen LogP contribution in [0.15, 0.2) is 41.2 Å². The molecule has 0 radical (unpaired) electrons. The van der Waals surface area contributed by atoms with Crippen molar-refractivity contribution in [3.8, 4) is 5.75 Å². The number of esters is 1. The Morgan fingerprint density at radius 3 is 2.89 bits per heavy atom. The Kier molecular flexibility index (Phi) is 7.67. The van der Waals surface area contributed by atoms with Crippen molar-refractivity contribution in [1.29, 1.82) is 0 Å². The molecule has 3 aromatic rings. The second-order valence-electron chi connectivity index (χ2n) is 10.5. The number of aliphatic hydroxyl groups is 1. The fraction of sp³-hybridized carbons (Fsp3) is 0.500. The van der Waals surface area contributed by atoms with Crippen LogP contribution in [0.5, 0.6) is 5.75 Å². The molecule has 2 aliphatic carbocycles. The number of carbonyl (C=O) groups is 1. The molecule has 2 fully saturated rings. The summed E-state index contributed by atoms with van der Waals surface area (Å²) < 4.78 is 6.25. The van der Waals surface area contributed by atoms with Gasteiger partial charge in [0.15, 0.2) is 0 Å². The second kappa shape index (κ2) is 10.9. The Bertz CT molecular complexity index is 1320. The van der Waals surface area contributed by atoms with E-state index >= 15 is 0 Å². The normalized spacial score (nSPS) is 23.7. The highest BCUT2D eigenvalue weighted by molar-refractivity contribution is 7.16. The van der Waals surface area contributed by atoms with Gasteiger partial charge in [-0.15, -0.1) is 0 Å². The molecule has 5 rings (SSSR count). The second-order valence-corrected chi connectivity index (χ2v) is 11.5. The number of H-pyrrole nitrogens is 1. The summed E-state index contributed by atoms with van der Waals surface area (Å²) in [6, 6.07) is 12.2. The largest absolute Gasteiger partial charge is 0.506 e. The van der Waals surface area contributed by atoms with Crippen molar-refractivity contribution in [3.05, 3.63) is 62.8 Å². The fourth-order valence-corrected chi connectivity index (χ4v) is 7.21. The average Bonchev–Trinajstić information content (AvgIpc) is 3.54. The van der Waals surface area contributed by atoms with Gasteiger partial charge in [0, 0.05) is 37.5 Å². The van der Waals surface area contributed by atoms with E-state index in [1.54, 1.807) is 6.07 Å². The first kappa shape index (κ1) is 25.9. The number of hydrogen-bond acceptors (Lipinski definition) is 8. The molecule has 0 unspecified atom stereocenters. The molecule has 0 aliphatic heterocycles. The quantitative estimate of drug-likeness (QED) is 0.237. The highest BCUT2D eigenvalue weighted by Crippen LogP contribution is 2.48. The van der Waals surface area contributed by atoms with Crippen LogP contribution in [-0.2, 0) is 22.5 Å². The zero-order valence-electron chi connectivity index (χ0n) is 21.3. The molecule has 0 amide bonds. The molecule has 2 bridgehead atoms. The number of aromatic nitrogens is 1. The van der Waals surface area contributed by atoms with Gasteiger partial charge in [-0.25, -0.2) is 0 Å². The molecule has 5 atom stereocenters. The van der Waals surface area contributed by atoms with Crippen LogP contribution >= 0.6 is 11.3 Å². The van der Waals surface area contributed by atoms with Crippen LogP contribution in [0.3, 0.4) is 0 Å². The minimum absolute atomic E-state index is 0.00688. The number of carbonyl (C=O) groups excluding carboxylic acids is 1. The minimum Gasteiger partial charge on any atom is -0.506 e. The molecule has 8 nitrogen and oxygen atoms in total. The number of aromatic hydroxyl groups is 1. The van der Waals surface area contributed by atoms with Crippen LogP contribution in [0.4, 0.5) is 0 Å². The van der Waals surface area contributed by atoms with Gasteiger partial charge in [0.05, 0.1) is 10.8 Å². The van der Waals surface area contributed by atoms with E-state index in [0.29, 0.717) is 46.7 Å². The maximum absolute atomic E-state index is 11.7. The number of hydrogen-bond donors (Lipinski definition) is 4. The van der Waals surface area contributed by atoms with Crippen LogP contribution < -0.4 is 10.2 Å². The number of thiazole rings is 1. The standard InChI is InChI=1S/C28H35N3O5S/c1-16(32)36-26-19-6-7-20(26)22(13-19)31(2)15-18-5-3-4-17(12-18)10-11-29-14-24(34)21-8-9-23(33)25-27(21)37-28(35)30-25/h3-5,8-9,12,19-20,22,24,26,29,33-34H,6-7,10-11,13-15H2,1-2H3,(H,30,35)/t19-,20+,22-,24+,26+/m0/s1. The molecule has 2 aliphatic rings. The number of ether oxygens (including phenoxy) is 1. The first-order valence-corrected chi connectivity index (χ1v) is 13.8. The van der Waals surface area contributed by atoms with E-state index in [-0.39, 0.29) is 22.7 Å². The maximum atomic E-state index is 11.7. The number of rotatable bonds is 10. The molecule has 198 valence electrons. The first-order valence-electron chi connectivity index (χ1n) is 13.0. The topological polar surface area (TPSA) is 115 Å². The zero-order chi connectivity index (χ0) is 26.1. The molecular formula is C28H35N3O5S. The lowest BCUT2D eigenvalue weighted by Gasteiger charge is -2.31. The van der Waals surface area contributed by atoms with Gasteiger partial charge in [-0.05, 0) is 62.4 Å². The Balaban J connectivity index is 1.12. The van der Waals surface area contributed by atoms with Crippen LogP contribution in [-0.4, -0.2) is 58.3 Å². The molecule has 4 N–H and O–H groups in total. The molecule has 2 aromatic carbocycles. The van der Waals surface area contributed by atoms with Gasteiger partial charge >= 0.3 is 10.8 Å². The van der Waals surface area contributed by atoms with Crippen molar-refractivity contribution in [2.45, 2.75) is 57.4 Å². The van der Waals surface area contributed by atoms with E-state index in [9.17, 15) is 19.8 Å². The number of fused-ring (bicyclic) bond motifs is 3. The number of benzene rings is 2. The molecule has 2 saturated carbocycles. The van der Waals surface area contributed by atoms with Crippen LogP contribution in [0.2, 0.25) is 0 Å². The summed E-state index contributed by atoms with van der Waals surface area (Å²) in [7, 11) is 2.17. The summed E-state index contributed by atoms with van der Waals surface area (Å²) in [6.45, 7) is 3.42. The van der Waals surface area contributed by atoms with Crippen molar-refractivity contribution in [2.75, 3.05) is 20.1 Å². The smallest absolute Gasteiger partial charge is 0.305 e. The Hall–Kier alpha value is -2.72. The Labute approximate surface area is 220 Å². The predicted molar refractivity (Wildman–Crippen MR) is 144 cm³/mol. The van der Waals surface area contributed by atoms with Crippen molar-refractivity contribution < 1.29 is 19.7 Å². The summed E-state index contributed by atoms with van der Waals surface area (Å²) in [4.78, 5) is 28.0. The highest BCUT2D eigenvalue weighted by Gasteiger charge is 2.51. The summed E-state index contributed by atoms with van der Waals surface area (Å²) in [5.74, 6) is 0.761. The van der Waals surface area contributed by atoms with E-state index in [4.69, 9.17) is 4.74 Å². The fourth-order valence-electron chi connectivity index (χ4n) is 6.29. The number of phenolic OH excluding ortho intramolecular Hbond substituents is 1. The zero-order valence-corrected chi connectivity index (χ0v) is 22.1. The van der Waals surface area contributed by atoms with Gasteiger partial charge < -0.3 is 25.3 Å². The van der Waals surface area contributed by atoms with Crippen molar-refractivity contribution in [2.24, 2.45) is 11.8 Å². The van der Waals surface area contributed by atoms with Crippen LogP contribution in [0.25, 0.3) is 10.2 Å². The van der Waals surface area contributed by atoms with E-state index in [2.05, 4.69) is 46.5 Å². The number of nitrogens with one attached hydrogen (secondary N) is 2. The van der Waals surface area contributed by atoms with Crippen molar-refractivity contribution in [1.82, 2.24) is 15.2 Å². The number of aliphatic hydroxyl groups excluding tert-OH is 1. The van der Waals surface area contributed by atoms with Crippen molar-refractivity contribution in [3.63, 3.8) is 0 Å². The third-order valence-electron chi connectivity index (χ3n) is 7.96. The number of nitrogens with zero attached hydrogens (tertiary/aromatic N) is 1. The molecule has 9 heteroatoms. The molecule has 37 heavy (non-hydrogen) atoms. The van der Waals surface area contributed by atoms with Gasteiger partial charge in [0.25, 0.3) is 0 Å². The minimum atomic E-state index is -0.785. The summed E-state index contributed by atoms with van der Waals surface area (Å²) in [5, 5.41) is 24.0. The monoisotopic (exact) mass is 525 g/mol. The van der Waals surface area contributed by atoms with E-state index in [1.807, 2.05) is 0 Å². The van der Waals surface area contributed by atoms with Gasteiger partial charge in [-0.1, -0.05) is 41.7 Å².